The number of guanidine groups is 1. The second kappa shape index (κ2) is 11.9. The third-order valence-electron chi connectivity index (χ3n) is 5.08. The summed E-state index contributed by atoms with van der Waals surface area (Å²) in [5, 5.41) is 6.70. The minimum Gasteiger partial charge on any atom is -0.379 e. The SMILES string of the molecule is CN=C(NCCCOCC1CCCO1)NCc1ccc(N2CCOCC2)cc1. The van der Waals surface area contributed by atoms with Crippen LogP contribution in [0.15, 0.2) is 29.3 Å². The lowest BCUT2D eigenvalue weighted by Crippen LogP contribution is -2.37. The van der Waals surface area contributed by atoms with Crippen LogP contribution in [0.5, 0.6) is 0 Å². The molecule has 28 heavy (non-hydrogen) atoms. The number of hydrogen-bond donors (Lipinski definition) is 2. The first-order valence-corrected chi connectivity index (χ1v) is 10.4. The van der Waals surface area contributed by atoms with Crippen LogP contribution >= 0.6 is 0 Å². The Labute approximate surface area is 168 Å². The summed E-state index contributed by atoms with van der Waals surface area (Å²) in [6.07, 6.45) is 3.54. The molecule has 0 aromatic heterocycles. The molecule has 2 N–H and O–H groups in total. The molecule has 0 amide bonds. The molecule has 1 aromatic rings. The first-order valence-electron chi connectivity index (χ1n) is 10.4. The van der Waals surface area contributed by atoms with E-state index in [1.807, 2.05) is 0 Å². The maximum absolute atomic E-state index is 5.69. The van der Waals surface area contributed by atoms with Gasteiger partial charge in [-0.1, -0.05) is 12.1 Å². The molecule has 0 spiro atoms. The summed E-state index contributed by atoms with van der Waals surface area (Å²) < 4.78 is 16.7. The fraction of sp³-hybridized carbons (Fsp3) is 0.667. The molecule has 1 atom stereocenters. The molecule has 7 nitrogen and oxygen atoms in total. The largest absolute Gasteiger partial charge is 0.379 e. The number of morpholine rings is 1. The number of benzene rings is 1. The average molecular weight is 391 g/mol. The van der Waals surface area contributed by atoms with Crippen LogP contribution in [0.25, 0.3) is 0 Å². The van der Waals surface area contributed by atoms with Crippen LogP contribution < -0.4 is 15.5 Å². The molecular formula is C21H34N4O3. The van der Waals surface area contributed by atoms with Crippen molar-refractivity contribution in [1.29, 1.82) is 0 Å². The van der Waals surface area contributed by atoms with Crippen LogP contribution in [0, 0.1) is 0 Å². The molecule has 2 fully saturated rings. The molecule has 0 bridgehead atoms. The van der Waals surface area contributed by atoms with Crippen molar-refractivity contribution >= 4 is 11.6 Å². The molecule has 1 unspecified atom stereocenters. The van der Waals surface area contributed by atoms with E-state index in [2.05, 4.69) is 44.8 Å². The predicted molar refractivity (Wildman–Crippen MR) is 112 cm³/mol. The maximum Gasteiger partial charge on any atom is 0.191 e. The first-order chi connectivity index (χ1) is 13.8. The van der Waals surface area contributed by atoms with Crippen molar-refractivity contribution in [1.82, 2.24) is 10.6 Å². The number of anilines is 1. The van der Waals surface area contributed by atoms with Gasteiger partial charge in [-0.15, -0.1) is 0 Å². The monoisotopic (exact) mass is 390 g/mol. The van der Waals surface area contributed by atoms with Gasteiger partial charge in [-0.2, -0.15) is 0 Å². The van der Waals surface area contributed by atoms with E-state index in [9.17, 15) is 0 Å². The zero-order chi connectivity index (χ0) is 19.4. The second-order valence-corrected chi connectivity index (χ2v) is 7.18. The van der Waals surface area contributed by atoms with Crippen molar-refractivity contribution in [3.05, 3.63) is 29.8 Å². The average Bonchev–Trinajstić information content (AvgIpc) is 3.27. The summed E-state index contributed by atoms with van der Waals surface area (Å²) in [4.78, 5) is 6.65. The lowest BCUT2D eigenvalue weighted by molar-refractivity contribution is 0.0168. The third kappa shape index (κ3) is 6.96. The van der Waals surface area contributed by atoms with Gasteiger partial charge in [0.15, 0.2) is 5.96 Å². The number of rotatable bonds is 9. The van der Waals surface area contributed by atoms with Gasteiger partial charge in [-0.05, 0) is 37.0 Å². The molecule has 2 heterocycles. The molecular weight excluding hydrogens is 356 g/mol. The molecule has 1 aromatic carbocycles. The van der Waals surface area contributed by atoms with E-state index >= 15 is 0 Å². The van der Waals surface area contributed by atoms with E-state index in [-0.39, 0.29) is 0 Å². The summed E-state index contributed by atoms with van der Waals surface area (Å²) in [7, 11) is 1.80. The first kappa shape index (κ1) is 20.9. The smallest absolute Gasteiger partial charge is 0.191 e. The second-order valence-electron chi connectivity index (χ2n) is 7.18. The van der Waals surface area contributed by atoms with Crippen LogP contribution in [-0.2, 0) is 20.8 Å². The van der Waals surface area contributed by atoms with Crippen molar-refractivity contribution in [3.63, 3.8) is 0 Å². The summed E-state index contributed by atoms with van der Waals surface area (Å²) in [6, 6.07) is 8.71. The lowest BCUT2D eigenvalue weighted by Gasteiger charge is -2.28. The molecule has 0 saturated carbocycles. The van der Waals surface area contributed by atoms with Crippen molar-refractivity contribution in [2.24, 2.45) is 4.99 Å². The normalized spacial score (nSPS) is 20.4. The van der Waals surface area contributed by atoms with Gasteiger partial charge in [-0.25, -0.2) is 0 Å². The molecule has 7 heteroatoms. The van der Waals surface area contributed by atoms with E-state index in [1.54, 1.807) is 7.05 Å². The van der Waals surface area contributed by atoms with Gasteiger partial charge in [0.25, 0.3) is 0 Å². The minimum atomic E-state index is 0.303. The van der Waals surface area contributed by atoms with Crippen molar-refractivity contribution < 1.29 is 14.2 Å². The van der Waals surface area contributed by atoms with Gasteiger partial charge < -0.3 is 29.7 Å². The van der Waals surface area contributed by atoms with Crippen LogP contribution in [-0.4, -0.2) is 71.8 Å². The summed E-state index contributed by atoms with van der Waals surface area (Å²) >= 11 is 0. The van der Waals surface area contributed by atoms with Crippen LogP contribution in [0.1, 0.15) is 24.8 Å². The Morgan fingerprint density at radius 1 is 1.18 bits per heavy atom. The van der Waals surface area contributed by atoms with Crippen LogP contribution in [0.4, 0.5) is 5.69 Å². The fourth-order valence-electron chi connectivity index (χ4n) is 3.42. The number of nitrogens with one attached hydrogen (secondary N) is 2. The summed E-state index contributed by atoms with van der Waals surface area (Å²) in [5.74, 6) is 0.816. The van der Waals surface area contributed by atoms with Crippen molar-refractivity contribution in [2.75, 3.05) is 64.6 Å². The van der Waals surface area contributed by atoms with Crippen molar-refractivity contribution in [2.45, 2.75) is 31.9 Å². The Morgan fingerprint density at radius 3 is 2.71 bits per heavy atom. The highest BCUT2D eigenvalue weighted by Gasteiger charge is 2.15. The molecule has 2 aliphatic rings. The molecule has 0 radical (unpaired) electrons. The van der Waals surface area contributed by atoms with Gasteiger partial charge in [0.1, 0.15) is 0 Å². The minimum absolute atomic E-state index is 0.303. The predicted octanol–water partition coefficient (Wildman–Crippen LogP) is 1.77. The van der Waals surface area contributed by atoms with E-state index in [0.29, 0.717) is 12.7 Å². The summed E-state index contributed by atoms with van der Waals surface area (Å²) in [5.41, 5.74) is 2.50. The van der Waals surface area contributed by atoms with Gasteiger partial charge in [0, 0.05) is 52.1 Å². The number of ether oxygens (including phenoxy) is 3. The van der Waals surface area contributed by atoms with E-state index in [4.69, 9.17) is 14.2 Å². The standard InChI is InChI=1S/C21H34N4O3/c1-22-21(23-9-3-12-27-17-20-4-2-13-28-20)24-16-18-5-7-19(8-6-18)25-10-14-26-15-11-25/h5-8,20H,2-4,9-17H2,1H3,(H2,22,23,24). The molecule has 2 aliphatic heterocycles. The Kier molecular flexibility index (Phi) is 8.87. The third-order valence-corrected chi connectivity index (χ3v) is 5.08. The highest BCUT2D eigenvalue weighted by Crippen LogP contribution is 2.16. The number of nitrogens with zero attached hydrogens (tertiary/aromatic N) is 2. The Bertz CT molecular complexity index is 582. The Hall–Kier alpha value is -1.83. The van der Waals surface area contributed by atoms with E-state index in [0.717, 1.165) is 77.8 Å². The van der Waals surface area contributed by atoms with E-state index in [1.165, 1.54) is 11.3 Å². The maximum atomic E-state index is 5.69. The quantitative estimate of drug-likeness (QED) is 0.381. The highest BCUT2D eigenvalue weighted by molar-refractivity contribution is 5.79. The van der Waals surface area contributed by atoms with Crippen LogP contribution in [0.3, 0.4) is 0 Å². The Morgan fingerprint density at radius 2 is 2.00 bits per heavy atom. The molecule has 3 rings (SSSR count). The lowest BCUT2D eigenvalue weighted by atomic mass is 10.2. The topological polar surface area (TPSA) is 67.4 Å². The summed E-state index contributed by atoms with van der Waals surface area (Å²) in [6.45, 7) is 7.47. The Balaban J connectivity index is 1.29. The fourth-order valence-corrected chi connectivity index (χ4v) is 3.42. The zero-order valence-corrected chi connectivity index (χ0v) is 17.0. The van der Waals surface area contributed by atoms with Gasteiger partial charge in [-0.3, -0.25) is 4.99 Å². The van der Waals surface area contributed by atoms with Crippen LogP contribution in [0.2, 0.25) is 0 Å². The van der Waals surface area contributed by atoms with Crippen molar-refractivity contribution in [3.8, 4) is 0 Å². The molecule has 156 valence electrons. The number of aliphatic imine (C=N–C) groups is 1. The number of hydrogen-bond acceptors (Lipinski definition) is 5. The van der Waals surface area contributed by atoms with Gasteiger partial charge in [0.2, 0.25) is 0 Å². The van der Waals surface area contributed by atoms with Gasteiger partial charge in [0.05, 0.1) is 25.9 Å². The zero-order valence-electron chi connectivity index (χ0n) is 17.0. The molecule has 2 saturated heterocycles. The highest BCUT2D eigenvalue weighted by atomic mass is 16.5. The molecule has 0 aliphatic carbocycles. The van der Waals surface area contributed by atoms with E-state index < -0.39 is 0 Å². The van der Waals surface area contributed by atoms with Gasteiger partial charge >= 0.3 is 0 Å².